The lowest BCUT2D eigenvalue weighted by Crippen LogP contribution is -2.27. The van der Waals surface area contributed by atoms with Crippen molar-refractivity contribution in [3.63, 3.8) is 0 Å². The number of anilines is 1. The van der Waals surface area contributed by atoms with Crippen LogP contribution in [0.4, 0.5) is 14.5 Å². The molecule has 0 spiro atoms. The molecule has 0 bridgehead atoms. The molecule has 3 aromatic rings. The Bertz CT molecular complexity index is 1320. The van der Waals surface area contributed by atoms with Gasteiger partial charge < -0.3 is 10.1 Å². The van der Waals surface area contributed by atoms with E-state index in [1.54, 1.807) is 37.6 Å². The first-order chi connectivity index (χ1) is 15.4. The Balaban J connectivity index is 1.58. The second-order valence-corrected chi connectivity index (χ2v) is 6.96. The van der Waals surface area contributed by atoms with Gasteiger partial charge in [-0.15, -0.1) is 0 Å². The minimum absolute atomic E-state index is 0.169. The molecule has 7 heteroatoms. The molecule has 1 aliphatic rings. The van der Waals surface area contributed by atoms with Crippen LogP contribution in [0.5, 0.6) is 5.88 Å². The summed E-state index contributed by atoms with van der Waals surface area (Å²) in [5.41, 5.74) is 2.19. The molecule has 0 aliphatic carbocycles. The molecule has 32 heavy (non-hydrogen) atoms. The summed E-state index contributed by atoms with van der Waals surface area (Å²) >= 11 is 0. The zero-order chi connectivity index (χ0) is 22.7. The Morgan fingerprint density at radius 3 is 2.62 bits per heavy atom. The molecule has 0 atom stereocenters. The predicted molar refractivity (Wildman–Crippen MR) is 115 cm³/mol. The van der Waals surface area contributed by atoms with Gasteiger partial charge in [-0.25, -0.2) is 13.8 Å². The van der Waals surface area contributed by atoms with Crippen LogP contribution >= 0.6 is 0 Å². The van der Waals surface area contributed by atoms with E-state index < -0.39 is 23.3 Å². The van der Waals surface area contributed by atoms with Crippen molar-refractivity contribution in [3.8, 4) is 17.7 Å². The summed E-state index contributed by atoms with van der Waals surface area (Å²) in [7, 11) is 1.54. The molecule has 2 aromatic carbocycles. The highest BCUT2D eigenvalue weighted by Crippen LogP contribution is 2.27. The average Bonchev–Trinajstić information content (AvgIpc) is 2.80. The van der Waals surface area contributed by atoms with Crippen molar-refractivity contribution < 1.29 is 23.1 Å². The maximum Gasteiger partial charge on any atom is 0.259 e. The van der Waals surface area contributed by atoms with Gasteiger partial charge in [0.2, 0.25) is 11.7 Å². The molecule has 158 valence electrons. The summed E-state index contributed by atoms with van der Waals surface area (Å²) in [6, 6.07) is 11.7. The van der Waals surface area contributed by atoms with Gasteiger partial charge >= 0.3 is 0 Å². The number of methoxy groups -OCH3 is 1. The van der Waals surface area contributed by atoms with Gasteiger partial charge in [-0.3, -0.25) is 9.59 Å². The number of ether oxygens (including phenoxy) is 1. The van der Waals surface area contributed by atoms with Gasteiger partial charge in [0, 0.05) is 29.8 Å². The zero-order valence-electron chi connectivity index (χ0n) is 16.9. The lowest BCUT2D eigenvalue weighted by molar-refractivity contribution is -0.112. The smallest absolute Gasteiger partial charge is 0.259 e. The number of hydrogen-bond donors (Lipinski definition) is 1. The van der Waals surface area contributed by atoms with Crippen LogP contribution in [0.2, 0.25) is 0 Å². The largest absolute Gasteiger partial charge is 0.481 e. The van der Waals surface area contributed by atoms with Crippen molar-refractivity contribution in [2.45, 2.75) is 6.42 Å². The molecule has 1 aliphatic heterocycles. The normalized spacial score (nSPS) is 13.8. The monoisotopic (exact) mass is 430 g/mol. The number of rotatable bonds is 3. The number of nitrogens with zero attached hydrogens (tertiary/aromatic N) is 1. The molecule has 0 fully saturated rings. The minimum atomic E-state index is -1.06. The maximum absolute atomic E-state index is 13.5. The van der Waals surface area contributed by atoms with Crippen LogP contribution in [-0.4, -0.2) is 23.8 Å². The van der Waals surface area contributed by atoms with Gasteiger partial charge in [-0.2, -0.15) is 0 Å². The highest BCUT2D eigenvalue weighted by atomic mass is 19.2. The molecule has 1 N–H and O–H groups in total. The number of hydrogen-bond acceptors (Lipinski definition) is 4. The second-order valence-electron chi connectivity index (χ2n) is 6.96. The number of aromatic nitrogens is 1. The highest BCUT2D eigenvalue weighted by molar-refractivity contribution is 6.36. The lowest BCUT2D eigenvalue weighted by Gasteiger charge is -2.18. The van der Waals surface area contributed by atoms with Crippen LogP contribution < -0.4 is 10.1 Å². The van der Waals surface area contributed by atoms with E-state index in [0.717, 1.165) is 17.7 Å². The summed E-state index contributed by atoms with van der Waals surface area (Å²) in [6.45, 7) is 0. The van der Waals surface area contributed by atoms with Crippen molar-refractivity contribution in [2.24, 2.45) is 0 Å². The van der Waals surface area contributed by atoms with E-state index in [0.29, 0.717) is 23.6 Å². The fraction of sp³-hybridized carbons (Fsp3) is 0.0800. The molecule has 5 nitrogen and oxygen atoms in total. The van der Waals surface area contributed by atoms with Crippen LogP contribution in [0, 0.1) is 23.5 Å². The third-order valence-corrected chi connectivity index (χ3v) is 4.79. The van der Waals surface area contributed by atoms with Gasteiger partial charge in [0.25, 0.3) is 5.91 Å². The molecule has 1 aromatic heterocycles. The number of carbonyl (C=O) groups excluding carboxylic acids is 2. The van der Waals surface area contributed by atoms with Crippen molar-refractivity contribution in [1.29, 1.82) is 0 Å². The molecule has 2 heterocycles. The summed E-state index contributed by atoms with van der Waals surface area (Å²) < 4.78 is 31.7. The zero-order valence-corrected chi connectivity index (χ0v) is 16.9. The van der Waals surface area contributed by atoms with E-state index in [1.165, 1.54) is 12.1 Å². The first kappa shape index (κ1) is 20.9. The standard InChI is InChI=1S/C25H16F2N2O3/c1-32-23-10-7-16(14-28-23)4-2-3-15-6-9-22-18(11-15)24(30)19(25(31)29-22)12-17-5-8-20(26)21(27)13-17/h5-14H,4H2,1H3,(H,29,31)/b19-12-. The fourth-order valence-corrected chi connectivity index (χ4v) is 3.14. The van der Waals surface area contributed by atoms with E-state index in [1.807, 2.05) is 6.07 Å². The van der Waals surface area contributed by atoms with Crippen LogP contribution in [0.25, 0.3) is 6.08 Å². The summed E-state index contributed by atoms with van der Waals surface area (Å²) in [5.74, 6) is 3.34. The Morgan fingerprint density at radius 2 is 1.91 bits per heavy atom. The summed E-state index contributed by atoms with van der Waals surface area (Å²) in [4.78, 5) is 29.4. The van der Waals surface area contributed by atoms with Crippen molar-refractivity contribution in [1.82, 2.24) is 4.98 Å². The van der Waals surface area contributed by atoms with Gasteiger partial charge in [0.1, 0.15) is 0 Å². The topological polar surface area (TPSA) is 68.3 Å². The van der Waals surface area contributed by atoms with Gasteiger partial charge in [-0.1, -0.05) is 24.0 Å². The fourth-order valence-electron chi connectivity index (χ4n) is 3.14. The van der Waals surface area contributed by atoms with E-state index in [-0.39, 0.29) is 16.7 Å². The molecular weight excluding hydrogens is 414 g/mol. The number of halogens is 2. The van der Waals surface area contributed by atoms with Gasteiger partial charge in [0.15, 0.2) is 11.6 Å². The molecule has 0 unspecified atom stereocenters. The van der Waals surface area contributed by atoms with Crippen LogP contribution in [0.15, 0.2) is 60.3 Å². The van der Waals surface area contributed by atoms with Crippen LogP contribution in [0.3, 0.4) is 0 Å². The lowest BCUT2D eigenvalue weighted by atomic mass is 9.93. The second kappa shape index (κ2) is 8.82. The van der Waals surface area contributed by atoms with Crippen LogP contribution in [-0.2, 0) is 11.2 Å². The molecule has 1 amide bonds. The quantitative estimate of drug-likeness (QED) is 0.385. The number of carbonyl (C=O) groups is 2. The third-order valence-electron chi connectivity index (χ3n) is 4.79. The Hall–Kier alpha value is -4.31. The molecular formula is C25H16F2N2O3. The summed E-state index contributed by atoms with van der Waals surface area (Å²) in [6.07, 6.45) is 3.37. The number of amides is 1. The Kier molecular flexibility index (Phi) is 5.77. The maximum atomic E-state index is 13.5. The van der Waals surface area contributed by atoms with E-state index in [2.05, 4.69) is 22.1 Å². The SMILES string of the molecule is COc1ccc(CC#Cc2ccc3c(c2)C(=O)/C(=C/c2ccc(F)c(F)c2)C(=O)N3)cn1. The number of nitrogens with one attached hydrogen (secondary N) is 1. The third kappa shape index (κ3) is 4.40. The van der Waals surface area contributed by atoms with Crippen LogP contribution in [0.1, 0.15) is 27.0 Å². The first-order valence-electron chi connectivity index (χ1n) is 9.59. The molecule has 0 saturated heterocycles. The molecule has 0 radical (unpaired) electrons. The molecule has 4 rings (SSSR count). The Labute approximate surface area is 182 Å². The van der Waals surface area contributed by atoms with Gasteiger partial charge in [-0.05, 0) is 47.5 Å². The van der Waals surface area contributed by atoms with E-state index >= 15 is 0 Å². The first-order valence-corrected chi connectivity index (χ1v) is 9.59. The molecule has 0 saturated carbocycles. The van der Waals surface area contributed by atoms with Crippen molar-refractivity contribution in [3.05, 3.63) is 94.2 Å². The van der Waals surface area contributed by atoms with Crippen molar-refractivity contribution >= 4 is 23.5 Å². The predicted octanol–water partition coefficient (Wildman–Crippen LogP) is 4.18. The van der Waals surface area contributed by atoms with E-state index in [4.69, 9.17) is 4.74 Å². The Morgan fingerprint density at radius 1 is 1.06 bits per heavy atom. The van der Waals surface area contributed by atoms with Crippen molar-refractivity contribution in [2.75, 3.05) is 12.4 Å². The highest BCUT2D eigenvalue weighted by Gasteiger charge is 2.28. The number of pyridine rings is 1. The number of benzene rings is 2. The summed E-state index contributed by atoms with van der Waals surface area (Å²) in [5, 5.41) is 2.64. The average molecular weight is 430 g/mol. The minimum Gasteiger partial charge on any atom is -0.481 e. The number of Topliss-reactive ketones (excluding diaryl/α,β-unsaturated/α-hetero) is 1. The van der Waals surface area contributed by atoms with E-state index in [9.17, 15) is 18.4 Å². The number of fused-ring (bicyclic) bond motifs is 1. The van der Waals surface area contributed by atoms with Gasteiger partial charge in [0.05, 0.1) is 18.4 Å². The number of ketones is 1.